The van der Waals surface area contributed by atoms with Crippen LogP contribution >= 0.6 is 11.6 Å². The first-order chi connectivity index (χ1) is 8.97. The minimum atomic E-state index is -0.835. The molecule has 0 spiro atoms. The molecule has 1 fully saturated rings. The number of ether oxygens (including phenoxy) is 1. The highest BCUT2D eigenvalue weighted by Gasteiger charge is 2.41. The Kier molecular flexibility index (Phi) is 4.04. The number of carbonyl (C=O) groups is 2. The Morgan fingerprint density at radius 1 is 1.53 bits per heavy atom. The molecule has 1 amide bonds. The van der Waals surface area contributed by atoms with E-state index in [1.54, 1.807) is 12.1 Å². The van der Waals surface area contributed by atoms with Gasteiger partial charge in [0.2, 0.25) is 0 Å². The van der Waals surface area contributed by atoms with E-state index in [0.29, 0.717) is 16.8 Å². The Morgan fingerprint density at radius 3 is 2.74 bits per heavy atom. The van der Waals surface area contributed by atoms with E-state index in [1.165, 1.54) is 13.1 Å². The summed E-state index contributed by atoms with van der Waals surface area (Å²) in [5.74, 6) is -0.0302. The van der Waals surface area contributed by atoms with E-state index in [9.17, 15) is 9.59 Å². The fourth-order valence-corrected chi connectivity index (χ4v) is 1.76. The minimum Gasteiger partial charge on any atom is -0.452 e. The predicted octanol–water partition coefficient (Wildman–Crippen LogP) is 2.26. The van der Waals surface area contributed by atoms with Crippen molar-refractivity contribution in [1.82, 2.24) is 4.98 Å². The van der Waals surface area contributed by atoms with Gasteiger partial charge in [0.1, 0.15) is 5.82 Å². The lowest BCUT2D eigenvalue weighted by atomic mass is 10.3. The number of rotatable bonds is 4. The summed E-state index contributed by atoms with van der Waals surface area (Å²) >= 11 is 5.69. The van der Waals surface area contributed by atoms with Crippen molar-refractivity contribution in [2.75, 3.05) is 5.32 Å². The van der Waals surface area contributed by atoms with Crippen LogP contribution in [0, 0.1) is 11.8 Å². The molecule has 6 heteroatoms. The quantitative estimate of drug-likeness (QED) is 0.860. The number of anilines is 1. The third-order valence-corrected chi connectivity index (χ3v) is 3.28. The SMILES string of the molecule is C[C@H](OC(=O)[C@@H]1C[C@@H]1C)C(=O)Nc1ccc(Cl)cn1. The van der Waals surface area contributed by atoms with Gasteiger partial charge in [-0.15, -0.1) is 0 Å². The molecular formula is C13H15ClN2O3. The molecule has 0 bridgehead atoms. The minimum absolute atomic E-state index is 0.0519. The number of hydrogen-bond donors (Lipinski definition) is 1. The molecule has 0 aliphatic heterocycles. The van der Waals surface area contributed by atoms with Gasteiger partial charge in [0.05, 0.1) is 10.9 Å². The van der Waals surface area contributed by atoms with E-state index < -0.39 is 12.0 Å². The first-order valence-corrected chi connectivity index (χ1v) is 6.48. The van der Waals surface area contributed by atoms with Crippen molar-refractivity contribution >= 4 is 29.3 Å². The number of amides is 1. The number of pyridine rings is 1. The molecule has 2 rings (SSSR count). The highest BCUT2D eigenvalue weighted by molar-refractivity contribution is 6.30. The lowest BCUT2D eigenvalue weighted by Crippen LogP contribution is -2.30. The summed E-state index contributed by atoms with van der Waals surface area (Å²) in [7, 11) is 0. The van der Waals surface area contributed by atoms with Crippen LogP contribution in [0.25, 0.3) is 0 Å². The Bertz CT molecular complexity index is 489. The summed E-state index contributed by atoms with van der Waals surface area (Å²) in [6, 6.07) is 3.20. The molecule has 0 unspecified atom stereocenters. The molecule has 1 aliphatic rings. The third kappa shape index (κ3) is 3.67. The molecule has 1 aromatic rings. The van der Waals surface area contributed by atoms with E-state index in [2.05, 4.69) is 10.3 Å². The van der Waals surface area contributed by atoms with Crippen LogP contribution in [0.2, 0.25) is 5.02 Å². The normalized spacial score (nSPS) is 22.5. The average molecular weight is 283 g/mol. The number of nitrogens with one attached hydrogen (secondary N) is 1. The molecule has 1 saturated carbocycles. The Hall–Kier alpha value is -1.62. The van der Waals surface area contributed by atoms with E-state index >= 15 is 0 Å². The fraction of sp³-hybridized carbons (Fsp3) is 0.462. The number of nitrogens with zero attached hydrogens (tertiary/aromatic N) is 1. The van der Waals surface area contributed by atoms with E-state index in [-0.39, 0.29) is 11.9 Å². The zero-order valence-electron chi connectivity index (χ0n) is 10.7. The third-order valence-electron chi connectivity index (χ3n) is 3.05. The molecular weight excluding hydrogens is 268 g/mol. The topological polar surface area (TPSA) is 68.3 Å². The van der Waals surface area contributed by atoms with Crippen molar-refractivity contribution in [2.45, 2.75) is 26.4 Å². The van der Waals surface area contributed by atoms with Crippen molar-refractivity contribution < 1.29 is 14.3 Å². The van der Waals surface area contributed by atoms with Gasteiger partial charge in [0, 0.05) is 6.20 Å². The molecule has 0 aromatic carbocycles. The van der Waals surface area contributed by atoms with Gasteiger partial charge < -0.3 is 10.1 Å². The number of aromatic nitrogens is 1. The van der Waals surface area contributed by atoms with Crippen molar-refractivity contribution in [3.05, 3.63) is 23.4 Å². The van der Waals surface area contributed by atoms with E-state index in [4.69, 9.17) is 16.3 Å². The monoisotopic (exact) mass is 282 g/mol. The van der Waals surface area contributed by atoms with Crippen LogP contribution in [-0.4, -0.2) is 23.0 Å². The maximum Gasteiger partial charge on any atom is 0.309 e. The number of hydrogen-bond acceptors (Lipinski definition) is 4. The standard InChI is InChI=1S/C13H15ClN2O3/c1-7-5-10(7)13(18)19-8(2)12(17)16-11-4-3-9(14)6-15-11/h3-4,6-8,10H,5H2,1-2H3,(H,15,16,17)/t7-,8-,10+/m0/s1. The van der Waals surface area contributed by atoms with Gasteiger partial charge in [-0.3, -0.25) is 9.59 Å². The van der Waals surface area contributed by atoms with Crippen molar-refractivity contribution in [3.63, 3.8) is 0 Å². The predicted molar refractivity (Wildman–Crippen MR) is 70.7 cm³/mol. The molecule has 1 N–H and O–H groups in total. The van der Waals surface area contributed by atoms with Gasteiger partial charge in [0.15, 0.2) is 6.10 Å². The highest BCUT2D eigenvalue weighted by Crippen LogP contribution is 2.38. The first-order valence-electron chi connectivity index (χ1n) is 6.10. The molecule has 1 heterocycles. The van der Waals surface area contributed by atoms with Gasteiger partial charge in [-0.2, -0.15) is 0 Å². The van der Waals surface area contributed by atoms with Crippen molar-refractivity contribution in [1.29, 1.82) is 0 Å². The second kappa shape index (κ2) is 5.57. The number of carbonyl (C=O) groups excluding carboxylic acids is 2. The van der Waals surface area contributed by atoms with Crippen LogP contribution in [-0.2, 0) is 14.3 Å². The molecule has 3 atom stereocenters. The van der Waals surface area contributed by atoms with E-state index in [0.717, 1.165) is 6.42 Å². The Labute approximate surface area is 116 Å². The zero-order valence-corrected chi connectivity index (χ0v) is 11.5. The van der Waals surface area contributed by atoms with Crippen LogP contribution in [0.15, 0.2) is 18.3 Å². The highest BCUT2D eigenvalue weighted by atomic mass is 35.5. The fourth-order valence-electron chi connectivity index (χ4n) is 1.64. The molecule has 5 nitrogen and oxygen atoms in total. The van der Waals surface area contributed by atoms with Gasteiger partial charge in [-0.1, -0.05) is 18.5 Å². The summed E-state index contributed by atoms with van der Waals surface area (Å²) < 4.78 is 5.10. The maximum absolute atomic E-state index is 11.8. The van der Waals surface area contributed by atoms with Crippen LogP contribution < -0.4 is 5.32 Å². The molecule has 0 saturated heterocycles. The van der Waals surface area contributed by atoms with Crippen molar-refractivity contribution in [2.24, 2.45) is 11.8 Å². The Balaban J connectivity index is 1.85. The lowest BCUT2D eigenvalue weighted by Gasteiger charge is -2.13. The van der Waals surface area contributed by atoms with Crippen molar-refractivity contribution in [3.8, 4) is 0 Å². The summed E-state index contributed by atoms with van der Waals surface area (Å²) in [4.78, 5) is 27.3. The summed E-state index contributed by atoms with van der Waals surface area (Å²) in [5.41, 5.74) is 0. The molecule has 1 aliphatic carbocycles. The number of esters is 1. The molecule has 102 valence electrons. The largest absolute Gasteiger partial charge is 0.452 e. The number of halogens is 1. The van der Waals surface area contributed by atoms with Gasteiger partial charge in [-0.25, -0.2) is 4.98 Å². The molecule has 19 heavy (non-hydrogen) atoms. The first kappa shape index (κ1) is 13.8. The summed E-state index contributed by atoms with van der Waals surface area (Å²) in [6.45, 7) is 3.52. The Morgan fingerprint density at radius 2 is 2.21 bits per heavy atom. The maximum atomic E-state index is 11.8. The lowest BCUT2D eigenvalue weighted by molar-refractivity contribution is -0.154. The van der Waals surface area contributed by atoms with Gasteiger partial charge in [0.25, 0.3) is 5.91 Å². The molecule has 0 radical (unpaired) electrons. The average Bonchev–Trinajstić information content (AvgIpc) is 3.09. The van der Waals surface area contributed by atoms with Crippen LogP contribution in [0.4, 0.5) is 5.82 Å². The summed E-state index contributed by atoms with van der Waals surface area (Å²) in [6.07, 6.45) is 1.43. The zero-order chi connectivity index (χ0) is 14.0. The van der Waals surface area contributed by atoms with E-state index in [1.807, 2.05) is 6.92 Å². The summed E-state index contributed by atoms with van der Waals surface area (Å²) in [5, 5.41) is 3.05. The van der Waals surface area contributed by atoms with Crippen LogP contribution in [0.3, 0.4) is 0 Å². The van der Waals surface area contributed by atoms with Gasteiger partial charge >= 0.3 is 5.97 Å². The smallest absolute Gasteiger partial charge is 0.309 e. The second-order valence-corrected chi connectivity index (χ2v) is 5.19. The second-order valence-electron chi connectivity index (χ2n) is 4.75. The molecule has 1 aromatic heterocycles. The van der Waals surface area contributed by atoms with Crippen LogP contribution in [0.5, 0.6) is 0 Å². The van der Waals surface area contributed by atoms with Gasteiger partial charge in [-0.05, 0) is 31.4 Å². The van der Waals surface area contributed by atoms with Crippen LogP contribution in [0.1, 0.15) is 20.3 Å².